The Morgan fingerprint density at radius 2 is 1.48 bits per heavy atom. The van der Waals surface area contributed by atoms with E-state index < -0.39 is 17.9 Å². The van der Waals surface area contributed by atoms with E-state index in [9.17, 15) is 14.7 Å². The van der Waals surface area contributed by atoms with Crippen LogP contribution in [0.1, 0.15) is 22.0 Å². The highest BCUT2D eigenvalue weighted by Crippen LogP contribution is 2.20. The third-order valence-corrected chi connectivity index (χ3v) is 3.69. The standard InChI is InChI=1S/C19H15NO3/c21-18(16-12-6-10-13-7-4-5-11-15(13)16)20-17(19(22)23)14-8-2-1-3-9-14/h1-12,17H,(H,20,21)(H,22,23)/t17-/m1/s1. The fourth-order valence-corrected chi connectivity index (χ4v) is 2.57. The normalized spacial score (nSPS) is 11.8. The van der Waals surface area contributed by atoms with Gasteiger partial charge in [0.25, 0.3) is 5.91 Å². The number of carbonyl (C=O) groups is 2. The molecule has 0 aliphatic rings. The predicted octanol–water partition coefficient (Wildman–Crippen LogP) is 3.40. The van der Waals surface area contributed by atoms with Gasteiger partial charge in [0.05, 0.1) is 0 Å². The van der Waals surface area contributed by atoms with Crippen LogP contribution < -0.4 is 5.32 Å². The Hall–Kier alpha value is -3.14. The van der Waals surface area contributed by atoms with E-state index in [0.29, 0.717) is 11.1 Å². The number of carbonyl (C=O) groups excluding carboxylic acids is 1. The molecule has 0 bridgehead atoms. The molecule has 1 amide bonds. The molecule has 0 saturated carbocycles. The van der Waals surface area contributed by atoms with Gasteiger partial charge in [0.2, 0.25) is 0 Å². The van der Waals surface area contributed by atoms with E-state index in [-0.39, 0.29) is 0 Å². The average molecular weight is 305 g/mol. The van der Waals surface area contributed by atoms with Gasteiger partial charge in [-0.2, -0.15) is 0 Å². The number of fused-ring (bicyclic) bond motifs is 1. The van der Waals surface area contributed by atoms with E-state index in [2.05, 4.69) is 5.32 Å². The summed E-state index contributed by atoms with van der Waals surface area (Å²) in [6.07, 6.45) is 0. The largest absolute Gasteiger partial charge is 0.479 e. The van der Waals surface area contributed by atoms with Crippen LogP contribution in [-0.4, -0.2) is 17.0 Å². The van der Waals surface area contributed by atoms with Crippen molar-refractivity contribution in [3.05, 3.63) is 83.9 Å². The number of hydrogen-bond donors (Lipinski definition) is 2. The van der Waals surface area contributed by atoms with Crippen molar-refractivity contribution in [2.45, 2.75) is 6.04 Å². The van der Waals surface area contributed by atoms with Crippen LogP contribution in [0, 0.1) is 0 Å². The molecule has 3 aromatic rings. The number of hydrogen-bond acceptors (Lipinski definition) is 2. The van der Waals surface area contributed by atoms with Gasteiger partial charge in [-0.1, -0.05) is 66.7 Å². The van der Waals surface area contributed by atoms with Gasteiger partial charge in [-0.15, -0.1) is 0 Å². The molecule has 0 saturated heterocycles. The summed E-state index contributed by atoms with van der Waals surface area (Å²) in [5, 5.41) is 13.8. The maximum atomic E-state index is 12.6. The van der Waals surface area contributed by atoms with Crippen molar-refractivity contribution in [2.24, 2.45) is 0 Å². The van der Waals surface area contributed by atoms with Gasteiger partial charge in [0.1, 0.15) is 0 Å². The number of benzene rings is 3. The van der Waals surface area contributed by atoms with Gasteiger partial charge >= 0.3 is 5.97 Å². The van der Waals surface area contributed by atoms with Crippen molar-refractivity contribution in [2.75, 3.05) is 0 Å². The van der Waals surface area contributed by atoms with Crippen molar-refractivity contribution in [1.82, 2.24) is 5.32 Å². The Bertz CT molecular complexity index is 853. The fraction of sp³-hybridized carbons (Fsp3) is 0.0526. The number of carboxylic acid groups (broad SMARTS) is 1. The molecule has 23 heavy (non-hydrogen) atoms. The predicted molar refractivity (Wildman–Crippen MR) is 88.2 cm³/mol. The van der Waals surface area contributed by atoms with E-state index in [1.807, 2.05) is 30.3 Å². The quantitative estimate of drug-likeness (QED) is 0.776. The van der Waals surface area contributed by atoms with Gasteiger partial charge in [0, 0.05) is 5.56 Å². The molecule has 0 aromatic heterocycles. The van der Waals surface area contributed by atoms with Crippen LogP contribution in [0.3, 0.4) is 0 Å². The topological polar surface area (TPSA) is 66.4 Å². The van der Waals surface area contributed by atoms with E-state index in [1.165, 1.54) is 0 Å². The van der Waals surface area contributed by atoms with Crippen LogP contribution >= 0.6 is 0 Å². The Balaban J connectivity index is 1.94. The Morgan fingerprint density at radius 3 is 2.22 bits per heavy atom. The molecule has 1 atom stereocenters. The summed E-state index contributed by atoms with van der Waals surface area (Å²) in [4.78, 5) is 24.1. The van der Waals surface area contributed by atoms with E-state index >= 15 is 0 Å². The Labute approximate surface area is 133 Å². The van der Waals surface area contributed by atoms with Crippen LogP contribution in [0.15, 0.2) is 72.8 Å². The highest BCUT2D eigenvalue weighted by Gasteiger charge is 2.23. The molecule has 3 aromatic carbocycles. The molecule has 4 nitrogen and oxygen atoms in total. The summed E-state index contributed by atoms with van der Waals surface area (Å²) in [7, 11) is 0. The van der Waals surface area contributed by atoms with Crippen molar-refractivity contribution in [1.29, 1.82) is 0 Å². The molecule has 0 unspecified atom stereocenters. The second kappa shape index (κ2) is 6.32. The van der Waals surface area contributed by atoms with Gasteiger partial charge in [-0.05, 0) is 22.4 Å². The number of aliphatic carboxylic acids is 1. The van der Waals surface area contributed by atoms with Gasteiger partial charge in [-0.3, -0.25) is 4.79 Å². The van der Waals surface area contributed by atoms with Gasteiger partial charge < -0.3 is 10.4 Å². The second-order valence-electron chi connectivity index (χ2n) is 5.18. The summed E-state index contributed by atoms with van der Waals surface area (Å²) < 4.78 is 0. The van der Waals surface area contributed by atoms with Crippen LogP contribution in [0.4, 0.5) is 0 Å². The SMILES string of the molecule is O=C(N[C@@H](C(=O)O)c1ccccc1)c1cccc2ccccc12. The van der Waals surface area contributed by atoms with Gasteiger partial charge in [0.15, 0.2) is 6.04 Å². The molecular formula is C19H15NO3. The monoisotopic (exact) mass is 305 g/mol. The molecule has 0 aliphatic carbocycles. The maximum Gasteiger partial charge on any atom is 0.330 e. The first kappa shape index (κ1) is 14.8. The van der Waals surface area contributed by atoms with Crippen LogP contribution in [0.25, 0.3) is 10.8 Å². The molecular weight excluding hydrogens is 290 g/mol. The van der Waals surface area contributed by atoms with Crippen molar-refractivity contribution in [3.8, 4) is 0 Å². The highest BCUT2D eigenvalue weighted by molar-refractivity contribution is 6.07. The summed E-state index contributed by atoms with van der Waals surface area (Å²) >= 11 is 0. The lowest BCUT2D eigenvalue weighted by Crippen LogP contribution is -2.33. The third kappa shape index (κ3) is 3.06. The first-order valence-electron chi connectivity index (χ1n) is 7.23. The number of carboxylic acids is 1. The van der Waals surface area contributed by atoms with Crippen molar-refractivity contribution in [3.63, 3.8) is 0 Å². The number of nitrogens with one attached hydrogen (secondary N) is 1. The summed E-state index contributed by atoms with van der Waals surface area (Å²) in [5.74, 6) is -1.50. The lowest BCUT2D eigenvalue weighted by atomic mass is 10.0. The molecule has 0 fully saturated rings. The Morgan fingerprint density at radius 1 is 0.826 bits per heavy atom. The minimum absolute atomic E-state index is 0.405. The fourth-order valence-electron chi connectivity index (χ4n) is 2.57. The molecule has 2 N–H and O–H groups in total. The minimum atomic E-state index is -1.09. The van der Waals surface area contributed by atoms with Crippen LogP contribution in [-0.2, 0) is 4.79 Å². The molecule has 0 spiro atoms. The average Bonchev–Trinajstić information content (AvgIpc) is 2.59. The maximum absolute atomic E-state index is 12.6. The lowest BCUT2D eigenvalue weighted by Gasteiger charge is -2.15. The number of amides is 1. The molecule has 3 rings (SSSR count). The minimum Gasteiger partial charge on any atom is -0.479 e. The Kier molecular flexibility index (Phi) is 4.06. The number of rotatable bonds is 4. The first-order valence-corrected chi connectivity index (χ1v) is 7.23. The smallest absolute Gasteiger partial charge is 0.330 e. The molecule has 0 aliphatic heterocycles. The zero-order valence-electron chi connectivity index (χ0n) is 12.3. The van der Waals surface area contributed by atoms with Gasteiger partial charge in [-0.25, -0.2) is 4.79 Å². The summed E-state index contributed by atoms with van der Waals surface area (Å²) in [5.41, 5.74) is 0.999. The van der Waals surface area contributed by atoms with Crippen LogP contribution in [0.5, 0.6) is 0 Å². The van der Waals surface area contributed by atoms with E-state index in [4.69, 9.17) is 0 Å². The molecule has 0 heterocycles. The van der Waals surface area contributed by atoms with Crippen LogP contribution in [0.2, 0.25) is 0 Å². The van der Waals surface area contributed by atoms with E-state index in [1.54, 1.807) is 42.5 Å². The molecule has 114 valence electrons. The third-order valence-electron chi connectivity index (χ3n) is 3.69. The zero-order valence-corrected chi connectivity index (χ0v) is 12.3. The summed E-state index contributed by atoms with van der Waals surface area (Å²) in [6, 6.07) is 20.5. The zero-order chi connectivity index (χ0) is 16.2. The second-order valence-corrected chi connectivity index (χ2v) is 5.18. The summed E-state index contributed by atoms with van der Waals surface area (Å²) in [6.45, 7) is 0. The molecule has 0 radical (unpaired) electrons. The van der Waals surface area contributed by atoms with Crippen molar-refractivity contribution < 1.29 is 14.7 Å². The lowest BCUT2D eigenvalue weighted by molar-refractivity contribution is -0.139. The van der Waals surface area contributed by atoms with E-state index in [0.717, 1.165) is 10.8 Å². The highest BCUT2D eigenvalue weighted by atomic mass is 16.4. The molecule has 4 heteroatoms. The first-order chi connectivity index (χ1) is 11.2. The van der Waals surface area contributed by atoms with Crippen molar-refractivity contribution >= 4 is 22.6 Å².